The number of rotatable bonds is 6. The number of hydrogen-bond acceptors (Lipinski definition) is 9. The van der Waals surface area contributed by atoms with Crippen molar-refractivity contribution in [3.05, 3.63) is 52.1 Å². The fraction of sp³-hybridized carbons (Fsp3) is 0.143. The third-order valence-electron chi connectivity index (χ3n) is 4.57. The monoisotopic (exact) mass is 505 g/mol. The summed E-state index contributed by atoms with van der Waals surface area (Å²) < 4.78 is 43.7. The maximum Gasteiger partial charge on any atom is 0.445 e. The summed E-state index contributed by atoms with van der Waals surface area (Å²) >= 11 is 6.70. The first kappa shape index (κ1) is 23.3. The smallest absolute Gasteiger partial charge is 0.445 e. The summed E-state index contributed by atoms with van der Waals surface area (Å²) in [5, 5.41) is 21.8. The van der Waals surface area contributed by atoms with Crippen LogP contribution in [0.5, 0.6) is 5.75 Å². The van der Waals surface area contributed by atoms with Gasteiger partial charge in [-0.15, -0.1) is 10.2 Å². The number of anilines is 5. The molecule has 0 bridgehead atoms. The second-order valence-corrected chi connectivity index (χ2v) is 8.24. The number of aromatic nitrogens is 3. The molecule has 13 heteroatoms. The zero-order valence-corrected chi connectivity index (χ0v) is 18.9. The highest BCUT2D eigenvalue weighted by Gasteiger charge is 2.35. The van der Waals surface area contributed by atoms with E-state index >= 15 is 0 Å². The zero-order chi connectivity index (χ0) is 24.5. The summed E-state index contributed by atoms with van der Waals surface area (Å²) in [5.41, 5.74) is 8.67. The van der Waals surface area contributed by atoms with Gasteiger partial charge in [0, 0.05) is 23.3 Å². The Hall–Kier alpha value is -3.82. The van der Waals surface area contributed by atoms with Crippen LogP contribution in [0.1, 0.15) is 17.5 Å². The molecule has 174 valence electrons. The number of hydrogen-bond donors (Lipinski definition) is 3. The van der Waals surface area contributed by atoms with E-state index in [-0.39, 0.29) is 15.7 Å². The summed E-state index contributed by atoms with van der Waals surface area (Å²) in [4.78, 5) is 4.31. The van der Waals surface area contributed by atoms with E-state index < -0.39 is 11.2 Å². The molecule has 2 aromatic carbocycles. The van der Waals surface area contributed by atoms with Crippen LogP contribution in [0, 0.1) is 11.3 Å². The minimum Gasteiger partial charge on any atom is -0.492 e. The van der Waals surface area contributed by atoms with Gasteiger partial charge in [0.2, 0.25) is 10.1 Å². The van der Waals surface area contributed by atoms with Gasteiger partial charge in [0.05, 0.1) is 39.8 Å². The number of halogens is 4. The van der Waals surface area contributed by atoms with Gasteiger partial charge in [-0.1, -0.05) is 22.9 Å². The minimum atomic E-state index is -4.58. The molecule has 0 radical (unpaired) electrons. The van der Waals surface area contributed by atoms with Crippen LogP contribution in [-0.2, 0) is 6.18 Å². The highest BCUT2D eigenvalue weighted by Crippen LogP contribution is 2.37. The molecule has 4 aromatic rings. The maximum atomic E-state index is 12.7. The Morgan fingerprint density at radius 1 is 1.21 bits per heavy atom. The SMILES string of the molecule is CCOc1cc2ncc(C#N)c(Nc3ccc(Nc4nnc(C(F)(F)F)s4)c(Cl)c3)c2cc1N. The first-order valence-corrected chi connectivity index (χ1v) is 10.9. The van der Waals surface area contributed by atoms with Crippen molar-refractivity contribution in [3.63, 3.8) is 0 Å². The Morgan fingerprint density at radius 2 is 2.00 bits per heavy atom. The van der Waals surface area contributed by atoms with E-state index in [0.29, 0.717) is 57.3 Å². The second-order valence-electron chi connectivity index (χ2n) is 6.85. The van der Waals surface area contributed by atoms with Crippen molar-refractivity contribution >= 4 is 61.7 Å². The molecule has 2 heterocycles. The van der Waals surface area contributed by atoms with Crippen molar-refractivity contribution in [2.75, 3.05) is 23.0 Å². The topological polar surface area (TPSA) is 122 Å². The average molecular weight is 506 g/mol. The number of fused-ring (bicyclic) bond motifs is 1. The fourth-order valence-electron chi connectivity index (χ4n) is 3.08. The van der Waals surface area contributed by atoms with Crippen LogP contribution in [-0.4, -0.2) is 21.8 Å². The van der Waals surface area contributed by atoms with Crippen LogP contribution >= 0.6 is 22.9 Å². The molecule has 0 aliphatic rings. The Labute approximate surface area is 200 Å². The molecule has 4 rings (SSSR count). The largest absolute Gasteiger partial charge is 0.492 e. The first-order chi connectivity index (χ1) is 16.2. The summed E-state index contributed by atoms with van der Waals surface area (Å²) in [6.07, 6.45) is -3.14. The predicted octanol–water partition coefficient (Wildman–Crippen LogP) is 6.10. The number of ether oxygens (including phenoxy) is 1. The zero-order valence-electron chi connectivity index (χ0n) is 17.4. The lowest BCUT2D eigenvalue weighted by atomic mass is 10.1. The summed E-state index contributed by atoms with van der Waals surface area (Å²) in [5.74, 6) is 0.488. The van der Waals surface area contributed by atoms with Gasteiger partial charge in [-0.05, 0) is 31.2 Å². The van der Waals surface area contributed by atoms with Gasteiger partial charge in [-0.25, -0.2) is 0 Å². The third-order valence-corrected chi connectivity index (χ3v) is 5.76. The predicted molar refractivity (Wildman–Crippen MR) is 125 cm³/mol. The summed E-state index contributed by atoms with van der Waals surface area (Å²) in [6.45, 7) is 2.27. The summed E-state index contributed by atoms with van der Waals surface area (Å²) in [6, 6.07) is 10.2. The Balaban J connectivity index is 1.64. The minimum absolute atomic E-state index is 0.0533. The number of nitriles is 1. The maximum absolute atomic E-state index is 12.7. The van der Waals surface area contributed by atoms with Gasteiger partial charge >= 0.3 is 6.18 Å². The van der Waals surface area contributed by atoms with Gasteiger partial charge < -0.3 is 21.1 Å². The Kier molecular flexibility index (Phi) is 6.32. The summed E-state index contributed by atoms with van der Waals surface area (Å²) in [7, 11) is 0. The van der Waals surface area contributed by atoms with E-state index in [1.807, 2.05) is 6.92 Å². The molecule has 4 N–H and O–H groups in total. The average Bonchev–Trinajstić information content (AvgIpc) is 3.26. The molecule has 0 aliphatic heterocycles. The number of nitrogens with two attached hydrogens (primary N) is 1. The van der Waals surface area contributed by atoms with E-state index in [1.165, 1.54) is 6.20 Å². The van der Waals surface area contributed by atoms with E-state index in [4.69, 9.17) is 22.1 Å². The van der Waals surface area contributed by atoms with Gasteiger partial charge in [0.25, 0.3) is 0 Å². The van der Waals surface area contributed by atoms with Crippen molar-refractivity contribution in [1.29, 1.82) is 5.26 Å². The second kappa shape index (κ2) is 9.20. The van der Waals surface area contributed by atoms with Crippen LogP contribution in [0.3, 0.4) is 0 Å². The van der Waals surface area contributed by atoms with Crippen molar-refractivity contribution in [2.45, 2.75) is 13.1 Å². The molecular weight excluding hydrogens is 491 g/mol. The lowest BCUT2D eigenvalue weighted by molar-refractivity contribution is -0.138. The van der Waals surface area contributed by atoms with E-state index in [9.17, 15) is 18.4 Å². The Bertz CT molecular complexity index is 1420. The van der Waals surface area contributed by atoms with Gasteiger partial charge in [0.1, 0.15) is 11.8 Å². The molecule has 0 amide bonds. The molecule has 0 saturated carbocycles. The molecule has 0 aliphatic carbocycles. The van der Waals surface area contributed by atoms with Crippen LogP contribution in [0.4, 0.5) is 41.1 Å². The molecule has 0 fully saturated rings. The lowest BCUT2D eigenvalue weighted by Crippen LogP contribution is -2.03. The lowest BCUT2D eigenvalue weighted by Gasteiger charge is -2.15. The normalized spacial score (nSPS) is 11.3. The van der Waals surface area contributed by atoms with Crippen molar-refractivity contribution in [3.8, 4) is 11.8 Å². The number of nitrogens with zero attached hydrogens (tertiary/aromatic N) is 4. The molecule has 0 spiro atoms. The van der Waals surface area contributed by atoms with Crippen molar-refractivity contribution in [1.82, 2.24) is 15.2 Å². The van der Waals surface area contributed by atoms with Crippen LogP contribution in [0.25, 0.3) is 10.9 Å². The van der Waals surface area contributed by atoms with E-state index in [1.54, 1.807) is 30.3 Å². The van der Waals surface area contributed by atoms with Gasteiger partial charge in [-0.2, -0.15) is 18.4 Å². The quantitative estimate of drug-likeness (QED) is 0.269. The van der Waals surface area contributed by atoms with Crippen molar-refractivity contribution in [2.24, 2.45) is 0 Å². The molecule has 8 nitrogen and oxygen atoms in total. The molecule has 0 unspecified atom stereocenters. The number of nitrogens with one attached hydrogen (secondary N) is 2. The van der Waals surface area contributed by atoms with Crippen molar-refractivity contribution < 1.29 is 17.9 Å². The number of nitrogen functional groups attached to an aromatic ring is 1. The Morgan fingerprint density at radius 3 is 2.65 bits per heavy atom. The third kappa shape index (κ3) is 4.75. The van der Waals surface area contributed by atoms with Gasteiger partial charge in [0.15, 0.2) is 0 Å². The molecule has 0 atom stereocenters. The first-order valence-electron chi connectivity index (χ1n) is 9.69. The molecular formula is C21H15ClF3N7OS. The van der Waals surface area contributed by atoms with E-state index in [0.717, 1.165) is 0 Å². The van der Waals surface area contributed by atoms with E-state index in [2.05, 4.69) is 31.9 Å². The highest BCUT2D eigenvalue weighted by molar-refractivity contribution is 7.15. The highest BCUT2D eigenvalue weighted by atomic mass is 35.5. The number of pyridine rings is 1. The number of benzene rings is 2. The number of alkyl halides is 3. The fourth-order valence-corrected chi connectivity index (χ4v) is 3.93. The standard InChI is InChI=1S/C21H15ClF3N7OS/c1-2-33-17-7-16-12(6-14(17)27)18(10(8-26)9-28-16)29-11-3-4-15(13(22)5-11)30-20-32-31-19(34-20)21(23,24)25/h3-7,9H,2,27H2,1H3,(H,28,29)(H,30,32). The molecule has 2 aromatic heterocycles. The van der Waals surface area contributed by atoms with Crippen LogP contribution < -0.4 is 21.1 Å². The molecule has 0 saturated heterocycles. The van der Waals surface area contributed by atoms with Crippen LogP contribution in [0.15, 0.2) is 36.5 Å². The van der Waals surface area contributed by atoms with Crippen LogP contribution in [0.2, 0.25) is 5.02 Å². The molecule has 34 heavy (non-hydrogen) atoms. The van der Waals surface area contributed by atoms with Gasteiger partial charge in [-0.3, -0.25) is 4.98 Å².